The topological polar surface area (TPSA) is 64.6 Å². The molecule has 1 N–H and O–H groups in total. The summed E-state index contributed by atoms with van der Waals surface area (Å²) >= 11 is 0. The van der Waals surface area contributed by atoms with Gasteiger partial charge in [0.1, 0.15) is 23.4 Å². The standard InChI is InChI=1S/C22H26FNO4S/c1-14(2)13-27-16-8-15(23)9-18(10-16)29(25,26)17-4-5-19-20(11-17)28-21-12-24-7-6-22(19,21)3/h4-5,8-11,14,21,24H,6-7,12-13H2,1-3H3. The predicted molar refractivity (Wildman–Crippen MR) is 108 cm³/mol. The van der Waals surface area contributed by atoms with Crippen LogP contribution in [-0.4, -0.2) is 34.2 Å². The lowest BCUT2D eigenvalue weighted by Gasteiger charge is -2.35. The molecule has 0 spiro atoms. The van der Waals surface area contributed by atoms with Crippen LogP contribution in [0.2, 0.25) is 0 Å². The monoisotopic (exact) mass is 419 g/mol. The molecule has 2 aromatic carbocycles. The number of sulfone groups is 1. The third kappa shape index (κ3) is 3.62. The van der Waals surface area contributed by atoms with Crippen molar-refractivity contribution >= 4 is 9.84 Å². The zero-order valence-electron chi connectivity index (χ0n) is 16.9. The average Bonchev–Trinajstić information content (AvgIpc) is 2.97. The second-order valence-corrected chi connectivity index (χ2v) is 10.4. The van der Waals surface area contributed by atoms with Gasteiger partial charge in [-0.3, -0.25) is 0 Å². The molecule has 4 rings (SSSR count). The SMILES string of the molecule is CC(C)COc1cc(F)cc(S(=O)(=O)c2ccc3c(c2)OC2CNCCC32C)c1. The second kappa shape index (κ2) is 7.29. The predicted octanol–water partition coefficient (Wildman–Crippen LogP) is 3.71. The molecule has 0 saturated carbocycles. The number of piperidine rings is 1. The zero-order chi connectivity index (χ0) is 20.8. The first kappa shape index (κ1) is 20.2. The fourth-order valence-electron chi connectivity index (χ4n) is 4.01. The number of halogens is 1. The van der Waals surface area contributed by atoms with E-state index in [1.54, 1.807) is 12.1 Å². The van der Waals surface area contributed by atoms with Crippen LogP contribution in [0.5, 0.6) is 11.5 Å². The van der Waals surface area contributed by atoms with Crippen molar-refractivity contribution in [1.82, 2.24) is 5.32 Å². The lowest BCUT2D eigenvalue weighted by molar-refractivity contribution is 0.123. The van der Waals surface area contributed by atoms with Gasteiger partial charge in [-0.1, -0.05) is 26.8 Å². The third-order valence-corrected chi connectivity index (χ3v) is 7.48. The maximum Gasteiger partial charge on any atom is 0.206 e. The van der Waals surface area contributed by atoms with E-state index in [1.807, 2.05) is 19.9 Å². The Morgan fingerprint density at radius 3 is 2.79 bits per heavy atom. The summed E-state index contributed by atoms with van der Waals surface area (Å²) in [6.45, 7) is 8.10. The van der Waals surface area contributed by atoms with Crippen LogP contribution >= 0.6 is 0 Å². The summed E-state index contributed by atoms with van der Waals surface area (Å²) in [5, 5.41) is 3.32. The van der Waals surface area contributed by atoms with Crippen molar-refractivity contribution in [3.63, 3.8) is 0 Å². The molecular formula is C22H26FNO4S. The fourth-order valence-corrected chi connectivity index (χ4v) is 5.33. The smallest absolute Gasteiger partial charge is 0.206 e. The van der Waals surface area contributed by atoms with Crippen molar-refractivity contribution in [2.45, 2.75) is 48.5 Å². The lowest BCUT2D eigenvalue weighted by Crippen LogP contribution is -2.49. The Kier molecular flexibility index (Phi) is 5.07. The van der Waals surface area contributed by atoms with Crippen molar-refractivity contribution in [3.8, 4) is 11.5 Å². The molecule has 0 bridgehead atoms. The van der Waals surface area contributed by atoms with E-state index in [-0.39, 0.29) is 33.0 Å². The molecule has 156 valence electrons. The van der Waals surface area contributed by atoms with E-state index in [1.165, 1.54) is 12.1 Å². The van der Waals surface area contributed by atoms with E-state index in [0.717, 1.165) is 31.1 Å². The summed E-state index contributed by atoms with van der Waals surface area (Å²) in [7, 11) is -3.91. The first-order chi connectivity index (χ1) is 13.7. The largest absolute Gasteiger partial charge is 0.493 e. The average molecular weight is 420 g/mol. The van der Waals surface area contributed by atoms with E-state index in [2.05, 4.69) is 12.2 Å². The molecule has 2 aliphatic heterocycles. The molecule has 29 heavy (non-hydrogen) atoms. The van der Waals surface area contributed by atoms with Gasteiger partial charge in [-0.05, 0) is 43.1 Å². The van der Waals surface area contributed by atoms with E-state index in [0.29, 0.717) is 12.4 Å². The summed E-state index contributed by atoms with van der Waals surface area (Å²) in [4.78, 5) is -0.0358. The Bertz CT molecular complexity index is 1040. The van der Waals surface area contributed by atoms with Crippen molar-refractivity contribution < 1.29 is 22.3 Å². The van der Waals surface area contributed by atoms with E-state index < -0.39 is 15.7 Å². The second-order valence-electron chi connectivity index (χ2n) is 8.47. The highest BCUT2D eigenvalue weighted by Crippen LogP contribution is 2.47. The Hall–Kier alpha value is -2.12. The van der Waals surface area contributed by atoms with Crippen LogP contribution in [0.1, 0.15) is 32.8 Å². The molecule has 1 fully saturated rings. The van der Waals surface area contributed by atoms with Crippen LogP contribution in [0, 0.1) is 11.7 Å². The maximum atomic E-state index is 14.1. The maximum absolute atomic E-state index is 14.1. The molecule has 1 saturated heterocycles. The van der Waals surface area contributed by atoms with Crippen molar-refractivity contribution in [2.75, 3.05) is 19.7 Å². The van der Waals surface area contributed by atoms with Gasteiger partial charge < -0.3 is 14.8 Å². The normalized spacial score (nSPS) is 23.4. The highest BCUT2D eigenvalue weighted by Gasteiger charge is 2.46. The van der Waals surface area contributed by atoms with Crippen LogP contribution in [-0.2, 0) is 15.3 Å². The van der Waals surface area contributed by atoms with Gasteiger partial charge in [0.05, 0.1) is 16.4 Å². The van der Waals surface area contributed by atoms with Crippen LogP contribution in [0.15, 0.2) is 46.2 Å². The number of benzene rings is 2. The minimum Gasteiger partial charge on any atom is -0.493 e. The molecule has 0 aromatic heterocycles. The van der Waals surface area contributed by atoms with Crippen LogP contribution < -0.4 is 14.8 Å². The highest BCUT2D eigenvalue weighted by molar-refractivity contribution is 7.91. The van der Waals surface area contributed by atoms with Gasteiger partial charge in [-0.15, -0.1) is 0 Å². The Labute approximate surface area is 171 Å². The van der Waals surface area contributed by atoms with Crippen molar-refractivity contribution in [2.24, 2.45) is 5.92 Å². The number of ether oxygens (including phenoxy) is 2. The first-order valence-electron chi connectivity index (χ1n) is 9.90. The quantitative estimate of drug-likeness (QED) is 0.801. The summed E-state index contributed by atoms with van der Waals surface area (Å²) < 4.78 is 52.1. The number of nitrogens with one attached hydrogen (secondary N) is 1. The number of hydrogen-bond acceptors (Lipinski definition) is 5. The van der Waals surface area contributed by atoms with Gasteiger partial charge in [0, 0.05) is 23.6 Å². The van der Waals surface area contributed by atoms with E-state index in [4.69, 9.17) is 9.47 Å². The first-order valence-corrected chi connectivity index (χ1v) is 11.4. The molecule has 2 heterocycles. The summed E-state index contributed by atoms with van der Waals surface area (Å²) in [5.41, 5.74) is 0.905. The molecular weight excluding hydrogens is 393 g/mol. The summed E-state index contributed by atoms with van der Waals surface area (Å²) in [6.07, 6.45) is 0.909. The Morgan fingerprint density at radius 2 is 2.03 bits per heavy atom. The summed E-state index contributed by atoms with van der Waals surface area (Å²) in [5.74, 6) is 0.396. The molecule has 2 aromatic rings. The number of rotatable bonds is 5. The Balaban J connectivity index is 1.69. The molecule has 0 amide bonds. The van der Waals surface area contributed by atoms with E-state index >= 15 is 0 Å². The highest BCUT2D eigenvalue weighted by atomic mass is 32.2. The van der Waals surface area contributed by atoms with E-state index in [9.17, 15) is 12.8 Å². The molecule has 2 atom stereocenters. The van der Waals surface area contributed by atoms with Gasteiger partial charge in [0.15, 0.2) is 0 Å². The fraction of sp³-hybridized carbons (Fsp3) is 0.455. The third-order valence-electron chi connectivity index (χ3n) is 5.75. The molecule has 0 aliphatic carbocycles. The molecule has 7 heteroatoms. The van der Waals surface area contributed by atoms with Gasteiger partial charge in [0.25, 0.3) is 0 Å². The van der Waals surface area contributed by atoms with Crippen molar-refractivity contribution in [1.29, 1.82) is 0 Å². The van der Waals surface area contributed by atoms with Gasteiger partial charge in [-0.2, -0.15) is 0 Å². The van der Waals surface area contributed by atoms with Gasteiger partial charge in [0.2, 0.25) is 9.84 Å². The molecule has 5 nitrogen and oxygen atoms in total. The van der Waals surface area contributed by atoms with Gasteiger partial charge in [-0.25, -0.2) is 12.8 Å². The van der Waals surface area contributed by atoms with Crippen LogP contribution in [0.3, 0.4) is 0 Å². The van der Waals surface area contributed by atoms with Crippen molar-refractivity contribution in [3.05, 3.63) is 47.8 Å². The lowest BCUT2D eigenvalue weighted by atomic mass is 9.74. The number of hydrogen-bond donors (Lipinski definition) is 1. The van der Waals surface area contributed by atoms with Crippen LogP contribution in [0.25, 0.3) is 0 Å². The Morgan fingerprint density at radius 1 is 1.24 bits per heavy atom. The molecule has 0 radical (unpaired) electrons. The van der Waals surface area contributed by atoms with Gasteiger partial charge >= 0.3 is 0 Å². The molecule has 2 aliphatic rings. The minimum atomic E-state index is -3.91. The number of fused-ring (bicyclic) bond motifs is 3. The minimum absolute atomic E-state index is 0.0191. The zero-order valence-corrected chi connectivity index (χ0v) is 17.7. The summed E-state index contributed by atoms with van der Waals surface area (Å²) in [6, 6.07) is 8.59. The molecule has 2 unspecified atom stereocenters. The van der Waals surface area contributed by atoms with Crippen LogP contribution in [0.4, 0.5) is 4.39 Å².